The quantitative estimate of drug-likeness (QED) is 0.548. The third-order valence-corrected chi connectivity index (χ3v) is 4.43. The summed E-state index contributed by atoms with van der Waals surface area (Å²) in [5, 5.41) is 0. The summed E-state index contributed by atoms with van der Waals surface area (Å²) < 4.78 is 5.47. The van der Waals surface area contributed by atoms with Gasteiger partial charge in [0, 0.05) is 6.42 Å². The fraction of sp³-hybridized carbons (Fsp3) is 0.667. The van der Waals surface area contributed by atoms with Crippen LogP contribution in [0, 0.1) is 5.92 Å². The average Bonchev–Trinajstić information content (AvgIpc) is 2.52. The van der Waals surface area contributed by atoms with Gasteiger partial charge in [0.15, 0.2) is 0 Å². The Morgan fingerprint density at radius 1 is 1.22 bits per heavy atom. The molecule has 1 rings (SSSR count). The van der Waals surface area contributed by atoms with Gasteiger partial charge in [-0.2, -0.15) is 0 Å². The van der Waals surface area contributed by atoms with E-state index in [0.717, 1.165) is 19.3 Å². The van der Waals surface area contributed by atoms with Crippen molar-refractivity contribution in [1.82, 2.24) is 0 Å². The Kier molecular flexibility index (Phi) is 8.36. The van der Waals surface area contributed by atoms with Gasteiger partial charge in [-0.25, -0.2) is 0 Å². The van der Waals surface area contributed by atoms with Gasteiger partial charge in [-0.3, -0.25) is 4.79 Å². The molecule has 1 aromatic carbocycles. The molecule has 0 heterocycles. The van der Waals surface area contributed by atoms with E-state index in [1.54, 1.807) is 0 Å². The molecule has 0 spiro atoms. The van der Waals surface area contributed by atoms with Crippen LogP contribution in [0.25, 0.3) is 0 Å². The monoisotopic (exact) mass is 318 g/mol. The molecular formula is C21H34O2. The number of carbonyl (C=O) groups is 1. The molecule has 0 radical (unpaired) electrons. The third-order valence-electron chi connectivity index (χ3n) is 4.43. The standard InChI is InChI=1S/C21H34O2/c1-6-8-10-17(7-2)16-23-20(22)14-13-18-11-9-12-19(15-18)21(3,4)5/h9,11-12,15,17H,6-8,10,13-14,16H2,1-5H3. The molecule has 0 aliphatic carbocycles. The van der Waals surface area contributed by atoms with Crippen LogP contribution in [0.5, 0.6) is 0 Å². The van der Waals surface area contributed by atoms with E-state index in [0.29, 0.717) is 18.9 Å². The molecule has 0 saturated carbocycles. The van der Waals surface area contributed by atoms with Crippen LogP contribution >= 0.6 is 0 Å². The lowest BCUT2D eigenvalue weighted by atomic mass is 9.86. The Bertz CT molecular complexity index is 471. The average molecular weight is 319 g/mol. The molecule has 1 aromatic rings. The molecule has 0 aromatic heterocycles. The predicted molar refractivity (Wildman–Crippen MR) is 97.7 cm³/mol. The number of aryl methyl sites for hydroxylation is 1. The summed E-state index contributed by atoms with van der Waals surface area (Å²) >= 11 is 0. The first-order chi connectivity index (χ1) is 10.9. The normalized spacial score (nSPS) is 12.9. The lowest BCUT2D eigenvalue weighted by molar-refractivity contribution is -0.145. The van der Waals surface area contributed by atoms with Crippen LogP contribution in [0.4, 0.5) is 0 Å². The zero-order valence-electron chi connectivity index (χ0n) is 15.7. The van der Waals surface area contributed by atoms with E-state index in [-0.39, 0.29) is 11.4 Å². The number of rotatable bonds is 9. The van der Waals surface area contributed by atoms with Crippen molar-refractivity contribution in [2.75, 3.05) is 6.61 Å². The Hall–Kier alpha value is -1.31. The van der Waals surface area contributed by atoms with Crippen LogP contribution in [0.1, 0.15) is 77.8 Å². The second-order valence-electron chi connectivity index (χ2n) is 7.55. The summed E-state index contributed by atoms with van der Waals surface area (Å²) in [6.45, 7) is 11.6. The van der Waals surface area contributed by atoms with Crippen LogP contribution < -0.4 is 0 Å². The van der Waals surface area contributed by atoms with Crippen LogP contribution in [-0.4, -0.2) is 12.6 Å². The molecule has 0 aliphatic rings. The summed E-state index contributed by atoms with van der Waals surface area (Å²) in [6, 6.07) is 8.54. The minimum Gasteiger partial charge on any atom is -0.465 e. The molecule has 0 N–H and O–H groups in total. The van der Waals surface area contributed by atoms with E-state index in [9.17, 15) is 4.79 Å². The Labute approximate surface area is 142 Å². The maximum atomic E-state index is 12.0. The molecule has 0 amide bonds. The highest BCUT2D eigenvalue weighted by atomic mass is 16.5. The van der Waals surface area contributed by atoms with Crippen molar-refractivity contribution in [2.45, 2.75) is 78.6 Å². The maximum Gasteiger partial charge on any atom is 0.306 e. The SMILES string of the molecule is CCCCC(CC)COC(=O)CCc1cccc(C(C)(C)C)c1. The van der Waals surface area contributed by atoms with Crippen molar-refractivity contribution in [1.29, 1.82) is 0 Å². The summed E-state index contributed by atoms with van der Waals surface area (Å²) in [5.41, 5.74) is 2.67. The molecular weight excluding hydrogens is 284 g/mol. The van der Waals surface area contributed by atoms with Crippen LogP contribution in [-0.2, 0) is 21.4 Å². The fourth-order valence-electron chi connectivity index (χ4n) is 2.62. The largest absolute Gasteiger partial charge is 0.465 e. The maximum absolute atomic E-state index is 12.0. The highest BCUT2D eigenvalue weighted by Gasteiger charge is 2.14. The van der Waals surface area contributed by atoms with E-state index in [4.69, 9.17) is 4.74 Å². The first kappa shape index (κ1) is 19.7. The van der Waals surface area contributed by atoms with Gasteiger partial charge in [0.1, 0.15) is 0 Å². The minimum absolute atomic E-state index is 0.0684. The molecule has 0 bridgehead atoms. The molecule has 0 saturated heterocycles. The highest BCUT2D eigenvalue weighted by molar-refractivity contribution is 5.69. The Morgan fingerprint density at radius 3 is 2.57 bits per heavy atom. The fourth-order valence-corrected chi connectivity index (χ4v) is 2.62. The van der Waals surface area contributed by atoms with E-state index >= 15 is 0 Å². The van der Waals surface area contributed by atoms with Crippen LogP contribution in [0.2, 0.25) is 0 Å². The lowest BCUT2D eigenvalue weighted by Gasteiger charge is -2.19. The van der Waals surface area contributed by atoms with E-state index < -0.39 is 0 Å². The smallest absolute Gasteiger partial charge is 0.306 e. The van der Waals surface area contributed by atoms with Crippen molar-refractivity contribution in [3.63, 3.8) is 0 Å². The van der Waals surface area contributed by atoms with Gasteiger partial charge in [0.2, 0.25) is 0 Å². The van der Waals surface area contributed by atoms with Gasteiger partial charge < -0.3 is 4.74 Å². The summed E-state index contributed by atoms with van der Waals surface area (Å²) in [7, 11) is 0. The van der Waals surface area contributed by atoms with Gasteiger partial charge in [0.25, 0.3) is 0 Å². The van der Waals surface area contributed by atoms with Gasteiger partial charge in [0.05, 0.1) is 6.61 Å². The number of carbonyl (C=O) groups excluding carboxylic acids is 1. The molecule has 2 heteroatoms. The summed E-state index contributed by atoms with van der Waals surface area (Å²) in [4.78, 5) is 12.0. The first-order valence-corrected chi connectivity index (χ1v) is 9.11. The molecule has 0 aliphatic heterocycles. The van der Waals surface area contributed by atoms with Gasteiger partial charge in [-0.15, -0.1) is 0 Å². The van der Waals surface area contributed by atoms with Gasteiger partial charge >= 0.3 is 5.97 Å². The topological polar surface area (TPSA) is 26.3 Å². The highest BCUT2D eigenvalue weighted by Crippen LogP contribution is 2.23. The zero-order chi connectivity index (χ0) is 17.3. The summed E-state index contributed by atoms with van der Waals surface area (Å²) in [6.07, 6.45) is 5.89. The van der Waals surface area contributed by atoms with Crippen molar-refractivity contribution < 1.29 is 9.53 Å². The molecule has 2 nitrogen and oxygen atoms in total. The van der Waals surface area contributed by atoms with E-state index in [1.165, 1.54) is 24.0 Å². The molecule has 1 atom stereocenters. The number of unbranched alkanes of at least 4 members (excludes halogenated alkanes) is 1. The van der Waals surface area contributed by atoms with E-state index in [1.807, 2.05) is 0 Å². The number of benzene rings is 1. The van der Waals surface area contributed by atoms with Crippen molar-refractivity contribution in [3.05, 3.63) is 35.4 Å². The number of hydrogen-bond acceptors (Lipinski definition) is 2. The van der Waals surface area contributed by atoms with Crippen LogP contribution in [0.3, 0.4) is 0 Å². The van der Waals surface area contributed by atoms with Crippen molar-refractivity contribution in [2.24, 2.45) is 5.92 Å². The molecule has 0 fully saturated rings. The lowest BCUT2D eigenvalue weighted by Crippen LogP contribution is -2.14. The molecule has 130 valence electrons. The van der Waals surface area contributed by atoms with Gasteiger partial charge in [-0.05, 0) is 35.3 Å². The van der Waals surface area contributed by atoms with Crippen molar-refractivity contribution >= 4 is 5.97 Å². The Balaban J connectivity index is 2.41. The Morgan fingerprint density at radius 2 is 1.96 bits per heavy atom. The summed E-state index contributed by atoms with van der Waals surface area (Å²) in [5.74, 6) is 0.448. The second kappa shape index (κ2) is 9.75. The second-order valence-corrected chi connectivity index (χ2v) is 7.55. The molecule has 23 heavy (non-hydrogen) atoms. The number of ether oxygens (including phenoxy) is 1. The van der Waals surface area contributed by atoms with Gasteiger partial charge in [-0.1, -0.05) is 78.1 Å². The predicted octanol–water partition coefficient (Wildman–Crippen LogP) is 5.68. The first-order valence-electron chi connectivity index (χ1n) is 9.11. The zero-order valence-corrected chi connectivity index (χ0v) is 15.7. The molecule has 1 unspecified atom stereocenters. The number of esters is 1. The van der Waals surface area contributed by atoms with E-state index in [2.05, 4.69) is 58.9 Å². The third kappa shape index (κ3) is 7.67. The number of hydrogen-bond donors (Lipinski definition) is 0. The minimum atomic E-state index is -0.0684. The van der Waals surface area contributed by atoms with Crippen LogP contribution in [0.15, 0.2) is 24.3 Å². The van der Waals surface area contributed by atoms with Crippen molar-refractivity contribution in [3.8, 4) is 0 Å².